The van der Waals surface area contributed by atoms with Crippen LogP contribution in [-0.4, -0.2) is 0 Å². The average Bonchev–Trinajstić information content (AvgIpc) is 2.76. The van der Waals surface area contributed by atoms with Crippen molar-refractivity contribution < 1.29 is 0 Å². The second-order valence-electron chi connectivity index (χ2n) is 7.10. The van der Waals surface area contributed by atoms with Crippen LogP contribution in [0.25, 0.3) is 0 Å². The lowest BCUT2D eigenvalue weighted by molar-refractivity contribution is 0.667. The minimum Gasteiger partial charge on any atom is -0.0654 e. The maximum absolute atomic E-state index is 3.44. The number of unbranched alkanes of at least 4 members (excludes halogenated alkanes) is 3. The smallest absolute Gasteiger partial charge is 0.0261 e. The molecule has 0 nitrogen and oxygen atoms in total. The van der Waals surface area contributed by atoms with Gasteiger partial charge in [-0.05, 0) is 73.0 Å². The zero-order chi connectivity index (χ0) is 20.3. The van der Waals surface area contributed by atoms with Crippen molar-refractivity contribution in [3.8, 4) is 23.7 Å². The number of rotatable bonds is 5. The van der Waals surface area contributed by atoms with Crippen LogP contribution < -0.4 is 0 Å². The standard InChI is InChI=1S/C28H25Br/c1-2-3-4-5-7-23-10-12-24(13-11-23)14-16-26-8-6-9-27(22-26)17-15-25-18-20-28(29)21-19-25/h6,8-13,18-22H,2-5,7H2,1H3. The Hall–Kier alpha value is -2.74. The zero-order valence-corrected chi connectivity index (χ0v) is 18.4. The molecule has 0 saturated carbocycles. The van der Waals surface area contributed by atoms with Crippen LogP contribution in [0.1, 0.15) is 60.4 Å². The van der Waals surface area contributed by atoms with E-state index in [0.717, 1.165) is 33.1 Å². The third-order valence-electron chi connectivity index (χ3n) is 4.68. The first-order chi connectivity index (χ1) is 14.2. The Morgan fingerprint density at radius 3 is 1.76 bits per heavy atom. The fraction of sp³-hybridized carbons (Fsp3) is 0.214. The van der Waals surface area contributed by atoms with Gasteiger partial charge in [-0.2, -0.15) is 0 Å². The maximum atomic E-state index is 3.44. The maximum Gasteiger partial charge on any atom is 0.0261 e. The van der Waals surface area contributed by atoms with Crippen LogP contribution in [0.15, 0.2) is 77.3 Å². The lowest BCUT2D eigenvalue weighted by atomic mass is 10.0. The number of hydrogen-bond donors (Lipinski definition) is 0. The third-order valence-corrected chi connectivity index (χ3v) is 5.21. The van der Waals surface area contributed by atoms with Gasteiger partial charge in [0.2, 0.25) is 0 Å². The van der Waals surface area contributed by atoms with E-state index in [9.17, 15) is 0 Å². The van der Waals surface area contributed by atoms with Gasteiger partial charge in [0.1, 0.15) is 0 Å². The Bertz CT molecular complexity index is 1040. The lowest BCUT2D eigenvalue weighted by Gasteiger charge is -2.01. The first kappa shape index (κ1) is 21.0. The Kier molecular flexibility index (Phi) is 8.18. The van der Waals surface area contributed by atoms with E-state index in [2.05, 4.69) is 70.8 Å². The van der Waals surface area contributed by atoms with E-state index in [4.69, 9.17) is 0 Å². The highest BCUT2D eigenvalue weighted by molar-refractivity contribution is 9.10. The number of halogens is 1. The molecule has 0 amide bonds. The summed E-state index contributed by atoms with van der Waals surface area (Å²) in [5.74, 6) is 13.0. The molecule has 0 aliphatic rings. The van der Waals surface area contributed by atoms with Gasteiger partial charge < -0.3 is 0 Å². The summed E-state index contributed by atoms with van der Waals surface area (Å²) in [6, 6.07) is 24.8. The predicted octanol–water partition coefficient (Wildman–Crippen LogP) is 7.37. The predicted molar refractivity (Wildman–Crippen MR) is 127 cm³/mol. The Balaban J connectivity index is 1.64. The summed E-state index contributed by atoms with van der Waals surface area (Å²) < 4.78 is 1.06. The average molecular weight is 441 g/mol. The van der Waals surface area contributed by atoms with E-state index in [-0.39, 0.29) is 0 Å². The fourth-order valence-electron chi connectivity index (χ4n) is 3.01. The summed E-state index contributed by atoms with van der Waals surface area (Å²) in [6.07, 6.45) is 6.36. The SMILES string of the molecule is CCCCCCc1ccc(C#Cc2cccc(C#Cc3ccc(Br)cc3)c2)cc1. The van der Waals surface area contributed by atoms with Crippen molar-refractivity contribution in [3.05, 3.63) is 105 Å². The molecule has 0 fully saturated rings. The van der Waals surface area contributed by atoms with Gasteiger partial charge in [0, 0.05) is 26.7 Å². The van der Waals surface area contributed by atoms with E-state index in [0.29, 0.717) is 0 Å². The van der Waals surface area contributed by atoms with Gasteiger partial charge in [0.05, 0.1) is 0 Å². The number of aryl methyl sites for hydroxylation is 1. The first-order valence-electron chi connectivity index (χ1n) is 10.2. The molecule has 3 rings (SSSR count). The second kappa shape index (κ2) is 11.3. The van der Waals surface area contributed by atoms with Crippen LogP contribution in [0, 0.1) is 23.7 Å². The molecule has 0 atom stereocenters. The summed E-state index contributed by atoms with van der Waals surface area (Å²) in [5.41, 5.74) is 5.41. The van der Waals surface area contributed by atoms with Crippen molar-refractivity contribution in [2.45, 2.75) is 39.0 Å². The molecular formula is C28H25Br. The molecule has 0 aliphatic heterocycles. The molecule has 0 spiro atoms. The van der Waals surface area contributed by atoms with E-state index < -0.39 is 0 Å². The highest BCUT2D eigenvalue weighted by Gasteiger charge is 1.95. The molecule has 0 aliphatic carbocycles. The van der Waals surface area contributed by atoms with Crippen LogP contribution in [0.3, 0.4) is 0 Å². The topological polar surface area (TPSA) is 0 Å². The molecule has 0 N–H and O–H groups in total. The molecule has 144 valence electrons. The lowest BCUT2D eigenvalue weighted by Crippen LogP contribution is -1.86. The van der Waals surface area contributed by atoms with Crippen LogP contribution in [-0.2, 0) is 6.42 Å². The van der Waals surface area contributed by atoms with Gasteiger partial charge in [-0.3, -0.25) is 0 Å². The molecule has 1 heteroatoms. The van der Waals surface area contributed by atoms with Crippen LogP contribution in [0.4, 0.5) is 0 Å². The molecule has 0 unspecified atom stereocenters. The van der Waals surface area contributed by atoms with Crippen molar-refractivity contribution in [1.82, 2.24) is 0 Å². The number of benzene rings is 3. The molecule has 0 saturated heterocycles. The largest absolute Gasteiger partial charge is 0.0654 e. The second-order valence-corrected chi connectivity index (χ2v) is 8.01. The highest BCUT2D eigenvalue weighted by atomic mass is 79.9. The summed E-state index contributed by atoms with van der Waals surface area (Å²) in [5, 5.41) is 0. The molecule has 29 heavy (non-hydrogen) atoms. The van der Waals surface area contributed by atoms with E-state index >= 15 is 0 Å². The summed E-state index contributed by atoms with van der Waals surface area (Å²) in [6.45, 7) is 2.25. The van der Waals surface area contributed by atoms with Gasteiger partial charge >= 0.3 is 0 Å². The quantitative estimate of drug-likeness (QED) is 0.286. The fourth-order valence-corrected chi connectivity index (χ4v) is 3.27. The minimum atomic E-state index is 0.974. The molecule has 3 aromatic carbocycles. The van der Waals surface area contributed by atoms with E-state index in [1.165, 1.54) is 31.2 Å². The van der Waals surface area contributed by atoms with Crippen LogP contribution >= 0.6 is 15.9 Å². The number of hydrogen-bond acceptors (Lipinski definition) is 0. The monoisotopic (exact) mass is 440 g/mol. The molecule has 0 bridgehead atoms. The molecule has 0 radical (unpaired) electrons. The van der Waals surface area contributed by atoms with E-state index in [1.54, 1.807) is 0 Å². The van der Waals surface area contributed by atoms with Crippen LogP contribution in [0.2, 0.25) is 0 Å². The highest BCUT2D eigenvalue weighted by Crippen LogP contribution is 2.11. The Morgan fingerprint density at radius 2 is 1.17 bits per heavy atom. The summed E-state index contributed by atoms with van der Waals surface area (Å²) in [4.78, 5) is 0. The van der Waals surface area contributed by atoms with Crippen molar-refractivity contribution >= 4 is 15.9 Å². The third kappa shape index (κ3) is 7.30. The Morgan fingerprint density at radius 1 is 0.621 bits per heavy atom. The minimum absolute atomic E-state index is 0.974. The molecular weight excluding hydrogens is 416 g/mol. The zero-order valence-electron chi connectivity index (χ0n) is 16.8. The van der Waals surface area contributed by atoms with Crippen molar-refractivity contribution in [3.63, 3.8) is 0 Å². The van der Waals surface area contributed by atoms with Gasteiger partial charge in [-0.25, -0.2) is 0 Å². The molecule has 0 aromatic heterocycles. The van der Waals surface area contributed by atoms with Gasteiger partial charge in [-0.15, -0.1) is 0 Å². The van der Waals surface area contributed by atoms with Crippen LogP contribution in [0.5, 0.6) is 0 Å². The van der Waals surface area contributed by atoms with Crippen molar-refractivity contribution in [2.75, 3.05) is 0 Å². The van der Waals surface area contributed by atoms with Gasteiger partial charge in [0.25, 0.3) is 0 Å². The normalized spacial score (nSPS) is 9.86. The summed E-state index contributed by atoms with van der Waals surface area (Å²) in [7, 11) is 0. The van der Waals surface area contributed by atoms with Gasteiger partial charge in [0.15, 0.2) is 0 Å². The Labute approximate surface area is 183 Å². The molecule has 0 heterocycles. The summed E-state index contributed by atoms with van der Waals surface area (Å²) >= 11 is 3.44. The van der Waals surface area contributed by atoms with E-state index in [1.807, 2.05) is 48.5 Å². The van der Waals surface area contributed by atoms with Crippen molar-refractivity contribution in [1.29, 1.82) is 0 Å². The first-order valence-corrected chi connectivity index (χ1v) is 11.0. The van der Waals surface area contributed by atoms with Crippen molar-refractivity contribution in [2.24, 2.45) is 0 Å². The molecule has 3 aromatic rings. The van der Waals surface area contributed by atoms with Gasteiger partial charge in [-0.1, -0.05) is 84.0 Å².